The molecule has 7 nitrogen and oxygen atoms in total. The van der Waals surface area contributed by atoms with Gasteiger partial charge in [-0.25, -0.2) is 0 Å². The number of rotatable bonds is 4. The molecule has 1 aromatic heterocycles. The van der Waals surface area contributed by atoms with Crippen LogP contribution in [0.5, 0.6) is 5.06 Å². The molecule has 1 rings (SSSR count). The Kier molecular flexibility index (Phi) is 4.16. The Hall–Kier alpha value is -1.96. The first-order chi connectivity index (χ1) is 7.97. The Morgan fingerprint density at radius 3 is 2.65 bits per heavy atom. The lowest BCUT2D eigenvalue weighted by Crippen LogP contribution is -2.26. The molecule has 92 valence electrons. The summed E-state index contributed by atoms with van der Waals surface area (Å²) in [6.07, 6.45) is 0. The van der Waals surface area contributed by atoms with Crippen molar-refractivity contribution in [2.45, 2.75) is 6.92 Å². The van der Waals surface area contributed by atoms with E-state index in [2.05, 4.69) is 4.74 Å². The second-order valence-electron chi connectivity index (χ2n) is 3.02. The highest BCUT2D eigenvalue weighted by Crippen LogP contribution is 2.33. The van der Waals surface area contributed by atoms with Crippen molar-refractivity contribution in [2.24, 2.45) is 5.92 Å². The summed E-state index contributed by atoms with van der Waals surface area (Å²) in [5.74, 6) is -2.77. The molecule has 8 heteroatoms. The number of methoxy groups -OCH3 is 1. The third kappa shape index (κ3) is 3.00. The Bertz CT molecular complexity index is 454. The second kappa shape index (κ2) is 5.39. The molecule has 0 fully saturated rings. The molecular formula is C9H9NO6S. The maximum Gasteiger partial charge on any atom is 0.326 e. The third-order valence-electron chi connectivity index (χ3n) is 1.91. The first-order valence-corrected chi connectivity index (χ1v) is 5.36. The van der Waals surface area contributed by atoms with Crippen LogP contribution >= 0.6 is 11.3 Å². The van der Waals surface area contributed by atoms with Crippen LogP contribution in [0.3, 0.4) is 0 Å². The average Bonchev–Trinajstić information content (AvgIpc) is 2.75. The number of ether oxygens (including phenoxy) is 2. The van der Waals surface area contributed by atoms with Gasteiger partial charge in [-0.05, 0) is 6.92 Å². The van der Waals surface area contributed by atoms with Gasteiger partial charge in [-0.1, -0.05) is 11.3 Å². The Balaban J connectivity index is 2.78. The maximum atomic E-state index is 11.4. The third-order valence-corrected chi connectivity index (χ3v) is 2.69. The molecule has 0 radical (unpaired) electrons. The molecule has 1 unspecified atom stereocenters. The monoisotopic (exact) mass is 259 g/mol. The van der Waals surface area contributed by atoms with Crippen LogP contribution in [-0.4, -0.2) is 24.0 Å². The zero-order chi connectivity index (χ0) is 13.0. The fraction of sp³-hybridized carbons (Fsp3) is 0.333. The van der Waals surface area contributed by atoms with E-state index in [0.717, 1.165) is 18.4 Å². The van der Waals surface area contributed by atoms with Gasteiger partial charge in [-0.2, -0.15) is 0 Å². The summed E-state index contributed by atoms with van der Waals surface area (Å²) < 4.78 is 9.13. The summed E-state index contributed by atoms with van der Waals surface area (Å²) in [6.45, 7) is 1.30. The molecule has 1 heterocycles. The van der Waals surface area contributed by atoms with Crippen LogP contribution in [0.15, 0.2) is 11.4 Å². The van der Waals surface area contributed by atoms with E-state index in [1.165, 1.54) is 18.4 Å². The number of hydrogen-bond donors (Lipinski definition) is 0. The van der Waals surface area contributed by atoms with Gasteiger partial charge in [0.1, 0.15) is 0 Å². The normalized spacial score (nSPS) is 11.6. The van der Waals surface area contributed by atoms with Crippen LogP contribution in [0.2, 0.25) is 0 Å². The topological polar surface area (TPSA) is 95.7 Å². The highest BCUT2D eigenvalue weighted by molar-refractivity contribution is 7.12. The van der Waals surface area contributed by atoms with Gasteiger partial charge in [0.15, 0.2) is 5.92 Å². The molecule has 0 bridgehead atoms. The van der Waals surface area contributed by atoms with Gasteiger partial charge >= 0.3 is 17.6 Å². The van der Waals surface area contributed by atoms with Crippen LogP contribution in [0, 0.1) is 16.0 Å². The highest BCUT2D eigenvalue weighted by atomic mass is 32.1. The van der Waals surface area contributed by atoms with Crippen molar-refractivity contribution in [1.29, 1.82) is 0 Å². The van der Waals surface area contributed by atoms with Gasteiger partial charge in [0.25, 0.3) is 5.06 Å². The van der Waals surface area contributed by atoms with E-state index < -0.39 is 22.8 Å². The summed E-state index contributed by atoms with van der Waals surface area (Å²) >= 11 is 0.906. The molecule has 0 aliphatic heterocycles. The van der Waals surface area contributed by atoms with Gasteiger partial charge < -0.3 is 9.47 Å². The zero-order valence-corrected chi connectivity index (χ0v) is 9.85. The van der Waals surface area contributed by atoms with Crippen molar-refractivity contribution < 1.29 is 24.0 Å². The van der Waals surface area contributed by atoms with E-state index in [4.69, 9.17) is 4.74 Å². The summed E-state index contributed by atoms with van der Waals surface area (Å²) in [5.41, 5.74) is -0.305. The molecule has 0 aromatic carbocycles. The van der Waals surface area contributed by atoms with Crippen LogP contribution in [-0.2, 0) is 14.3 Å². The standard InChI is InChI=1S/C9H9NO6S/c1-5(7(11)15-2)8(12)16-9-6(10(13)14)3-4-17-9/h3-5H,1-2H3. The van der Waals surface area contributed by atoms with E-state index >= 15 is 0 Å². The lowest BCUT2D eigenvalue weighted by atomic mass is 10.2. The minimum absolute atomic E-state index is 0.143. The predicted octanol–water partition coefficient (Wildman–Crippen LogP) is 1.37. The van der Waals surface area contributed by atoms with Crippen LogP contribution in [0.25, 0.3) is 0 Å². The summed E-state index contributed by atoms with van der Waals surface area (Å²) in [6, 6.07) is 1.22. The lowest BCUT2D eigenvalue weighted by Gasteiger charge is -2.07. The number of thiophene rings is 1. The summed E-state index contributed by atoms with van der Waals surface area (Å²) in [4.78, 5) is 32.4. The maximum absolute atomic E-state index is 11.4. The van der Waals surface area contributed by atoms with Gasteiger partial charge in [0.05, 0.1) is 12.0 Å². The second-order valence-corrected chi connectivity index (χ2v) is 3.90. The molecule has 1 aromatic rings. The molecule has 17 heavy (non-hydrogen) atoms. The number of nitro groups is 1. The van der Waals surface area contributed by atoms with Crippen LogP contribution < -0.4 is 4.74 Å². The summed E-state index contributed by atoms with van der Waals surface area (Å²) in [7, 11) is 1.14. The molecule has 0 saturated carbocycles. The first kappa shape index (κ1) is 13.1. The van der Waals surface area contributed by atoms with Gasteiger partial charge in [-0.3, -0.25) is 19.7 Å². The minimum Gasteiger partial charge on any atom is -0.468 e. The van der Waals surface area contributed by atoms with Crippen molar-refractivity contribution in [3.63, 3.8) is 0 Å². The molecule has 0 N–H and O–H groups in total. The lowest BCUT2D eigenvalue weighted by molar-refractivity contribution is -0.385. The van der Waals surface area contributed by atoms with Gasteiger partial charge in [0, 0.05) is 11.4 Å². The Morgan fingerprint density at radius 2 is 2.12 bits per heavy atom. The van der Waals surface area contributed by atoms with E-state index in [0.29, 0.717) is 0 Å². The van der Waals surface area contributed by atoms with Gasteiger partial charge in [0.2, 0.25) is 0 Å². The Labute approximate surface area is 100 Å². The predicted molar refractivity (Wildman–Crippen MR) is 57.8 cm³/mol. The fourth-order valence-electron chi connectivity index (χ4n) is 0.953. The van der Waals surface area contributed by atoms with Crippen molar-refractivity contribution in [3.05, 3.63) is 21.6 Å². The van der Waals surface area contributed by atoms with Crippen LogP contribution in [0.1, 0.15) is 6.92 Å². The van der Waals surface area contributed by atoms with Crippen LogP contribution in [0.4, 0.5) is 5.69 Å². The minimum atomic E-state index is -1.12. The van der Waals surface area contributed by atoms with Crippen molar-refractivity contribution in [1.82, 2.24) is 0 Å². The Morgan fingerprint density at radius 1 is 1.47 bits per heavy atom. The summed E-state index contributed by atoms with van der Waals surface area (Å²) in [5, 5.41) is 11.8. The number of hydrogen-bond acceptors (Lipinski definition) is 7. The van der Waals surface area contributed by atoms with E-state index in [1.807, 2.05) is 0 Å². The van der Waals surface area contributed by atoms with E-state index in [1.54, 1.807) is 0 Å². The van der Waals surface area contributed by atoms with Crippen molar-refractivity contribution >= 4 is 29.0 Å². The number of carbonyl (C=O) groups is 2. The highest BCUT2D eigenvalue weighted by Gasteiger charge is 2.27. The number of nitrogens with zero attached hydrogens (tertiary/aromatic N) is 1. The van der Waals surface area contributed by atoms with E-state index in [-0.39, 0.29) is 10.8 Å². The zero-order valence-electron chi connectivity index (χ0n) is 9.04. The fourth-order valence-corrected chi connectivity index (χ4v) is 1.67. The number of carbonyl (C=O) groups excluding carboxylic acids is 2. The van der Waals surface area contributed by atoms with Crippen molar-refractivity contribution in [2.75, 3.05) is 7.11 Å². The molecule has 0 aliphatic carbocycles. The molecule has 1 atom stereocenters. The van der Waals surface area contributed by atoms with Gasteiger partial charge in [-0.15, -0.1) is 0 Å². The largest absolute Gasteiger partial charge is 0.468 e. The smallest absolute Gasteiger partial charge is 0.326 e. The quantitative estimate of drug-likeness (QED) is 0.350. The molecule has 0 aliphatic rings. The molecule has 0 spiro atoms. The number of esters is 2. The van der Waals surface area contributed by atoms with Crippen molar-refractivity contribution in [3.8, 4) is 5.06 Å². The molecule has 0 amide bonds. The SMILES string of the molecule is COC(=O)C(C)C(=O)Oc1sccc1[N+](=O)[O-]. The average molecular weight is 259 g/mol. The molecular weight excluding hydrogens is 250 g/mol. The van der Waals surface area contributed by atoms with E-state index in [9.17, 15) is 19.7 Å². The first-order valence-electron chi connectivity index (χ1n) is 4.48. The molecule has 0 saturated heterocycles.